The van der Waals surface area contributed by atoms with Crippen molar-refractivity contribution in [3.8, 4) is 0 Å². The van der Waals surface area contributed by atoms with Crippen LogP contribution in [0.25, 0.3) is 0 Å². The number of primary amides is 1. The smallest absolute Gasteiger partial charge is 0.248 e. The Hall–Kier alpha value is -1.06. The minimum absolute atomic E-state index is 0. The molecular weight excluding hydrogens is 212 g/mol. The van der Waals surface area contributed by atoms with Crippen LogP contribution in [0.4, 0.5) is 0 Å². The number of hydrogen-bond acceptors (Lipinski definition) is 2. The van der Waals surface area contributed by atoms with Gasteiger partial charge in [0.25, 0.3) is 0 Å². The predicted molar refractivity (Wildman–Crippen MR) is 62.4 cm³/mol. The number of amides is 1. The van der Waals surface area contributed by atoms with Gasteiger partial charge in [-0.3, -0.25) is 4.79 Å². The second-order valence-electron chi connectivity index (χ2n) is 3.68. The molecule has 0 aliphatic carbocycles. The van der Waals surface area contributed by atoms with Crippen LogP contribution < -0.4 is 11.1 Å². The van der Waals surface area contributed by atoms with Crippen molar-refractivity contribution in [2.45, 2.75) is 12.3 Å². The molecule has 1 amide bonds. The van der Waals surface area contributed by atoms with E-state index < -0.39 is 0 Å². The molecule has 1 aliphatic heterocycles. The van der Waals surface area contributed by atoms with Gasteiger partial charge in [-0.05, 0) is 36.6 Å². The lowest BCUT2D eigenvalue weighted by Gasteiger charge is -2.09. The zero-order valence-electron chi connectivity index (χ0n) is 8.40. The Morgan fingerprint density at radius 2 is 2.27 bits per heavy atom. The summed E-state index contributed by atoms with van der Waals surface area (Å²) in [4.78, 5) is 11.0. The summed E-state index contributed by atoms with van der Waals surface area (Å²) in [5.74, 6) is 0.187. The number of halogens is 1. The maximum absolute atomic E-state index is 11.0. The van der Waals surface area contributed by atoms with Crippen LogP contribution in [0.5, 0.6) is 0 Å². The molecule has 1 unspecified atom stereocenters. The van der Waals surface area contributed by atoms with E-state index in [1.54, 1.807) is 6.07 Å². The number of hydrogen-bond donors (Lipinski definition) is 2. The highest BCUT2D eigenvalue weighted by Gasteiger charge is 2.16. The van der Waals surface area contributed by atoms with Gasteiger partial charge in [-0.1, -0.05) is 12.1 Å². The van der Waals surface area contributed by atoms with E-state index in [0.717, 1.165) is 19.5 Å². The number of carbonyl (C=O) groups excluding carboxylic acids is 1. The SMILES string of the molecule is Cl.NC(=O)c1cccc(C2CCNC2)c1. The monoisotopic (exact) mass is 226 g/mol. The molecule has 4 heteroatoms. The van der Waals surface area contributed by atoms with Gasteiger partial charge in [0.1, 0.15) is 0 Å². The Balaban J connectivity index is 0.00000112. The van der Waals surface area contributed by atoms with Gasteiger partial charge in [0.05, 0.1) is 0 Å². The van der Waals surface area contributed by atoms with Crippen molar-refractivity contribution in [2.24, 2.45) is 5.73 Å². The summed E-state index contributed by atoms with van der Waals surface area (Å²) in [5, 5.41) is 3.30. The average molecular weight is 227 g/mol. The van der Waals surface area contributed by atoms with Gasteiger partial charge in [0.2, 0.25) is 5.91 Å². The molecule has 1 aromatic rings. The molecule has 1 saturated heterocycles. The Morgan fingerprint density at radius 3 is 2.87 bits per heavy atom. The van der Waals surface area contributed by atoms with Gasteiger partial charge in [-0.2, -0.15) is 0 Å². The lowest BCUT2D eigenvalue weighted by atomic mass is 9.96. The molecule has 2 rings (SSSR count). The van der Waals surface area contributed by atoms with Gasteiger partial charge >= 0.3 is 0 Å². The summed E-state index contributed by atoms with van der Waals surface area (Å²) < 4.78 is 0. The fourth-order valence-corrected chi connectivity index (χ4v) is 1.89. The molecule has 1 aromatic carbocycles. The molecule has 1 aliphatic rings. The van der Waals surface area contributed by atoms with Crippen molar-refractivity contribution < 1.29 is 4.79 Å². The average Bonchev–Trinajstić information content (AvgIpc) is 2.71. The first-order valence-electron chi connectivity index (χ1n) is 4.88. The fourth-order valence-electron chi connectivity index (χ4n) is 1.89. The standard InChI is InChI=1S/C11H14N2O.ClH/c12-11(14)9-3-1-2-8(6-9)10-4-5-13-7-10;/h1-3,6,10,13H,4-5,7H2,(H2,12,14);1H. The van der Waals surface area contributed by atoms with Gasteiger partial charge in [0, 0.05) is 12.1 Å². The number of rotatable bonds is 2. The van der Waals surface area contributed by atoms with Crippen molar-refractivity contribution in [1.29, 1.82) is 0 Å². The zero-order valence-corrected chi connectivity index (χ0v) is 9.22. The molecule has 0 saturated carbocycles. The highest BCUT2D eigenvalue weighted by molar-refractivity contribution is 5.92. The minimum atomic E-state index is -0.349. The first kappa shape index (κ1) is 12.0. The normalized spacial score (nSPS) is 19.6. The maximum Gasteiger partial charge on any atom is 0.248 e. The molecule has 3 N–H and O–H groups in total. The van der Waals surface area contributed by atoms with E-state index in [1.165, 1.54) is 5.56 Å². The van der Waals surface area contributed by atoms with Crippen molar-refractivity contribution in [3.05, 3.63) is 35.4 Å². The molecule has 0 radical (unpaired) electrons. The summed E-state index contributed by atoms with van der Waals surface area (Å²) in [6, 6.07) is 7.62. The number of nitrogens with two attached hydrogens (primary N) is 1. The van der Waals surface area contributed by atoms with Gasteiger partial charge in [0.15, 0.2) is 0 Å². The summed E-state index contributed by atoms with van der Waals surface area (Å²) in [6.07, 6.45) is 1.14. The second-order valence-corrected chi connectivity index (χ2v) is 3.68. The van der Waals surface area contributed by atoms with Crippen LogP contribution in [-0.4, -0.2) is 19.0 Å². The quantitative estimate of drug-likeness (QED) is 0.799. The Bertz CT molecular complexity index is 348. The van der Waals surface area contributed by atoms with Crippen molar-refractivity contribution >= 4 is 18.3 Å². The molecule has 3 nitrogen and oxygen atoms in total. The predicted octanol–water partition coefficient (Wildman–Crippen LogP) is 1.28. The van der Waals surface area contributed by atoms with Crippen LogP contribution in [0.2, 0.25) is 0 Å². The number of carbonyl (C=O) groups is 1. The van der Waals surface area contributed by atoms with E-state index in [2.05, 4.69) is 11.4 Å². The van der Waals surface area contributed by atoms with Crippen LogP contribution in [0, 0.1) is 0 Å². The van der Waals surface area contributed by atoms with Crippen molar-refractivity contribution in [3.63, 3.8) is 0 Å². The maximum atomic E-state index is 11.0. The zero-order chi connectivity index (χ0) is 9.97. The summed E-state index contributed by atoms with van der Waals surface area (Å²) in [7, 11) is 0. The third kappa shape index (κ3) is 2.70. The molecule has 0 aromatic heterocycles. The van der Waals surface area contributed by atoms with Crippen LogP contribution in [0.15, 0.2) is 24.3 Å². The van der Waals surface area contributed by atoms with E-state index in [1.807, 2.05) is 12.1 Å². The molecular formula is C11H15ClN2O. The summed E-state index contributed by atoms with van der Waals surface area (Å²) >= 11 is 0. The topological polar surface area (TPSA) is 55.1 Å². The molecule has 0 spiro atoms. The van der Waals surface area contributed by atoms with Crippen LogP contribution in [0.3, 0.4) is 0 Å². The molecule has 15 heavy (non-hydrogen) atoms. The van der Waals surface area contributed by atoms with E-state index in [-0.39, 0.29) is 18.3 Å². The highest BCUT2D eigenvalue weighted by atomic mass is 35.5. The van der Waals surface area contributed by atoms with Gasteiger partial charge in [-0.15, -0.1) is 12.4 Å². The summed E-state index contributed by atoms with van der Waals surface area (Å²) in [5.41, 5.74) is 7.05. The van der Waals surface area contributed by atoms with E-state index in [0.29, 0.717) is 11.5 Å². The van der Waals surface area contributed by atoms with E-state index in [4.69, 9.17) is 5.73 Å². The van der Waals surface area contributed by atoms with E-state index >= 15 is 0 Å². The molecule has 0 bridgehead atoms. The number of nitrogens with one attached hydrogen (secondary N) is 1. The van der Waals surface area contributed by atoms with E-state index in [9.17, 15) is 4.79 Å². The number of benzene rings is 1. The largest absolute Gasteiger partial charge is 0.366 e. The van der Waals surface area contributed by atoms with Crippen LogP contribution in [0.1, 0.15) is 28.3 Å². The first-order valence-corrected chi connectivity index (χ1v) is 4.88. The molecule has 82 valence electrons. The molecule has 1 atom stereocenters. The lowest BCUT2D eigenvalue weighted by molar-refractivity contribution is 0.1000. The fraction of sp³-hybridized carbons (Fsp3) is 0.364. The lowest BCUT2D eigenvalue weighted by Crippen LogP contribution is -2.12. The highest BCUT2D eigenvalue weighted by Crippen LogP contribution is 2.22. The molecule has 1 heterocycles. The Morgan fingerprint density at radius 1 is 1.47 bits per heavy atom. The van der Waals surface area contributed by atoms with Crippen molar-refractivity contribution in [2.75, 3.05) is 13.1 Å². The first-order chi connectivity index (χ1) is 6.77. The second kappa shape index (κ2) is 5.14. The molecule has 1 fully saturated rings. The van der Waals surface area contributed by atoms with Gasteiger partial charge < -0.3 is 11.1 Å². The Labute approximate surface area is 95.5 Å². The summed E-state index contributed by atoms with van der Waals surface area (Å²) in [6.45, 7) is 2.06. The van der Waals surface area contributed by atoms with Crippen LogP contribution >= 0.6 is 12.4 Å². The van der Waals surface area contributed by atoms with Crippen molar-refractivity contribution in [1.82, 2.24) is 5.32 Å². The minimum Gasteiger partial charge on any atom is -0.366 e. The third-order valence-corrected chi connectivity index (χ3v) is 2.70. The van der Waals surface area contributed by atoms with Crippen LogP contribution in [-0.2, 0) is 0 Å². The third-order valence-electron chi connectivity index (χ3n) is 2.70. The Kier molecular flexibility index (Phi) is 4.12. The van der Waals surface area contributed by atoms with Gasteiger partial charge in [-0.25, -0.2) is 0 Å².